The molecule has 2 nitrogen and oxygen atoms in total. The molecule has 2 aliphatic rings. The Morgan fingerprint density at radius 3 is 2.52 bits per heavy atom. The number of hydrogen-bond acceptors (Lipinski definition) is 2. The van der Waals surface area contributed by atoms with Crippen LogP contribution >= 0.6 is 0 Å². The van der Waals surface area contributed by atoms with E-state index in [1.54, 1.807) is 0 Å². The maximum absolute atomic E-state index is 6.72. The lowest BCUT2D eigenvalue weighted by Gasteiger charge is -2.42. The van der Waals surface area contributed by atoms with Gasteiger partial charge in [0, 0.05) is 6.04 Å². The second-order valence-corrected chi connectivity index (χ2v) is 7.88. The molecule has 0 saturated heterocycles. The first kappa shape index (κ1) is 17.3. The van der Waals surface area contributed by atoms with Gasteiger partial charge in [0.15, 0.2) is 0 Å². The molecule has 0 aromatic carbocycles. The quantitative estimate of drug-likeness (QED) is 0.762. The van der Waals surface area contributed by atoms with Crippen LogP contribution in [-0.2, 0) is 4.74 Å². The zero-order chi connectivity index (χ0) is 15.2. The average molecular weight is 296 g/mol. The van der Waals surface area contributed by atoms with Crippen LogP contribution in [0.4, 0.5) is 0 Å². The van der Waals surface area contributed by atoms with Gasteiger partial charge in [-0.1, -0.05) is 47.0 Å². The van der Waals surface area contributed by atoms with E-state index < -0.39 is 0 Å². The molecule has 5 atom stereocenters. The Morgan fingerprint density at radius 1 is 1.05 bits per heavy atom. The second-order valence-electron chi connectivity index (χ2n) is 7.88. The Morgan fingerprint density at radius 2 is 1.81 bits per heavy atom. The van der Waals surface area contributed by atoms with Gasteiger partial charge in [0.1, 0.15) is 0 Å². The van der Waals surface area contributed by atoms with E-state index in [4.69, 9.17) is 4.74 Å². The molecule has 2 fully saturated rings. The molecule has 2 saturated carbocycles. The van der Waals surface area contributed by atoms with Crippen LogP contribution in [0.15, 0.2) is 0 Å². The predicted molar refractivity (Wildman–Crippen MR) is 90.6 cm³/mol. The van der Waals surface area contributed by atoms with Crippen LogP contribution in [0.2, 0.25) is 0 Å². The largest absolute Gasteiger partial charge is 0.373 e. The van der Waals surface area contributed by atoms with E-state index in [0.717, 1.165) is 24.3 Å². The molecule has 21 heavy (non-hydrogen) atoms. The molecule has 2 aliphatic carbocycles. The summed E-state index contributed by atoms with van der Waals surface area (Å²) in [5.74, 6) is 2.37. The molecule has 0 aromatic rings. The molecule has 124 valence electrons. The summed E-state index contributed by atoms with van der Waals surface area (Å²) in [6, 6.07) is 0.601. The molecule has 5 unspecified atom stereocenters. The van der Waals surface area contributed by atoms with Gasteiger partial charge in [-0.3, -0.25) is 0 Å². The Labute approximate surface area is 132 Å². The minimum atomic E-state index is 0.460. The molecule has 0 spiro atoms. The molecule has 2 rings (SSSR count). The van der Waals surface area contributed by atoms with Crippen molar-refractivity contribution < 1.29 is 4.74 Å². The summed E-state index contributed by atoms with van der Waals surface area (Å²) in [6.07, 6.45) is 11.5. The summed E-state index contributed by atoms with van der Waals surface area (Å²) in [7, 11) is 0. The van der Waals surface area contributed by atoms with Crippen LogP contribution in [0.3, 0.4) is 0 Å². The fourth-order valence-electron chi connectivity index (χ4n) is 4.32. The molecule has 0 aliphatic heterocycles. The van der Waals surface area contributed by atoms with Crippen LogP contribution in [0.5, 0.6) is 0 Å². The van der Waals surface area contributed by atoms with Crippen molar-refractivity contribution in [3.8, 4) is 0 Å². The fraction of sp³-hybridized carbons (Fsp3) is 1.00. The molecule has 0 amide bonds. The molecule has 1 N–H and O–H groups in total. The van der Waals surface area contributed by atoms with E-state index in [-0.39, 0.29) is 0 Å². The number of nitrogens with one attached hydrogen (secondary N) is 1. The molecule has 0 bridgehead atoms. The first-order valence-electron chi connectivity index (χ1n) is 9.50. The summed E-state index contributed by atoms with van der Waals surface area (Å²) in [4.78, 5) is 0. The Bertz CT molecular complexity index is 291. The van der Waals surface area contributed by atoms with Crippen molar-refractivity contribution in [1.82, 2.24) is 5.32 Å². The standard InChI is InChI=1S/C19H37NO/c1-5-12-20-17-8-6-7-9-18(17)21-19-13-15(4)10-11-16(19)14(2)3/h14-20H,5-13H2,1-4H3. The Balaban J connectivity index is 1.94. The summed E-state index contributed by atoms with van der Waals surface area (Å²) in [6.45, 7) is 10.6. The zero-order valence-corrected chi connectivity index (χ0v) is 14.7. The highest BCUT2D eigenvalue weighted by molar-refractivity contribution is 4.87. The van der Waals surface area contributed by atoms with E-state index in [1.807, 2.05) is 0 Å². The van der Waals surface area contributed by atoms with Gasteiger partial charge in [0.25, 0.3) is 0 Å². The van der Waals surface area contributed by atoms with E-state index in [0.29, 0.717) is 18.2 Å². The third-order valence-corrected chi connectivity index (χ3v) is 5.67. The van der Waals surface area contributed by atoms with Gasteiger partial charge in [-0.25, -0.2) is 0 Å². The number of hydrogen-bond donors (Lipinski definition) is 1. The summed E-state index contributed by atoms with van der Waals surface area (Å²) in [5, 5.41) is 3.74. The smallest absolute Gasteiger partial charge is 0.0731 e. The topological polar surface area (TPSA) is 21.3 Å². The third kappa shape index (κ3) is 4.96. The summed E-state index contributed by atoms with van der Waals surface area (Å²) in [5.41, 5.74) is 0. The molecule has 2 heteroatoms. The van der Waals surface area contributed by atoms with Gasteiger partial charge < -0.3 is 10.1 Å². The van der Waals surface area contributed by atoms with E-state index in [9.17, 15) is 0 Å². The monoisotopic (exact) mass is 295 g/mol. The highest BCUT2D eigenvalue weighted by atomic mass is 16.5. The minimum absolute atomic E-state index is 0.460. The zero-order valence-electron chi connectivity index (χ0n) is 14.7. The molecule has 0 radical (unpaired) electrons. The highest BCUT2D eigenvalue weighted by Crippen LogP contribution is 2.37. The molecule has 0 aromatic heterocycles. The number of rotatable bonds is 6. The van der Waals surface area contributed by atoms with Gasteiger partial charge in [0.05, 0.1) is 12.2 Å². The van der Waals surface area contributed by atoms with Crippen LogP contribution < -0.4 is 5.32 Å². The van der Waals surface area contributed by atoms with Crippen molar-refractivity contribution in [2.75, 3.05) is 6.54 Å². The first-order valence-corrected chi connectivity index (χ1v) is 9.50. The molecule has 0 heterocycles. The van der Waals surface area contributed by atoms with Gasteiger partial charge >= 0.3 is 0 Å². The lowest BCUT2D eigenvalue weighted by atomic mass is 9.75. The van der Waals surface area contributed by atoms with Crippen LogP contribution in [-0.4, -0.2) is 24.8 Å². The molecular formula is C19H37NO. The van der Waals surface area contributed by atoms with Gasteiger partial charge in [-0.2, -0.15) is 0 Å². The van der Waals surface area contributed by atoms with Crippen molar-refractivity contribution in [3.05, 3.63) is 0 Å². The van der Waals surface area contributed by atoms with Crippen LogP contribution in [0.1, 0.15) is 79.1 Å². The Kier molecular flexibility index (Phi) is 7.01. The van der Waals surface area contributed by atoms with Crippen molar-refractivity contribution >= 4 is 0 Å². The maximum Gasteiger partial charge on any atom is 0.0731 e. The average Bonchev–Trinajstić information content (AvgIpc) is 2.46. The van der Waals surface area contributed by atoms with E-state index in [1.165, 1.54) is 51.4 Å². The van der Waals surface area contributed by atoms with Crippen LogP contribution in [0, 0.1) is 17.8 Å². The SMILES string of the molecule is CCCNC1CCCCC1OC1CC(C)CCC1C(C)C. The van der Waals surface area contributed by atoms with Crippen molar-refractivity contribution in [3.63, 3.8) is 0 Å². The van der Waals surface area contributed by atoms with E-state index >= 15 is 0 Å². The predicted octanol–water partition coefficient (Wildman–Crippen LogP) is 4.77. The van der Waals surface area contributed by atoms with Gasteiger partial charge in [0.2, 0.25) is 0 Å². The maximum atomic E-state index is 6.72. The van der Waals surface area contributed by atoms with Gasteiger partial charge in [-0.15, -0.1) is 0 Å². The number of ether oxygens (including phenoxy) is 1. The Hall–Kier alpha value is -0.0800. The summed E-state index contributed by atoms with van der Waals surface area (Å²) >= 11 is 0. The lowest BCUT2D eigenvalue weighted by Crippen LogP contribution is -2.47. The fourth-order valence-corrected chi connectivity index (χ4v) is 4.32. The molecular weight excluding hydrogens is 258 g/mol. The normalized spacial score (nSPS) is 37.9. The van der Waals surface area contributed by atoms with Crippen molar-refractivity contribution in [2.45, 2.75) is 97.3 Å². The second kappa shape index (κ2) is 8.53. The van der Waals surface area contributed by atoms with E-state index in [2.05, 4.69) is 33.0 Å². The van der Waals surface area contributed by atoms with Crippen LogP contribution in [0.25, 0.3) is 0 Å². The van der Waals surface area contributed by atoms with Crippen molar-refractivity contribution in [1.29, 1.82) is 0 Å². The first-order chi connectivity index (χ1) is 10.1. The van der Waals surface area contributed by atoms with Crippen molar-refractivity contribution in [2.24, 2.45) is 17.8 Å². The summed E-state index contributed by atoms with van der Waals surface area (Å²) < 4.78 is 6.72. The highest BCUT2D eigenvalue weighted by Gasteiger charge is 2.35. The van der Waals surface area contributed by atoms with Gasteiger partial charge in [-0.05, 0) is 56.4 Å². The lowest BCUT2D eigenvalue weighted by molar-refractivity contribution is -0.101. The third-order valence-electron chi connectivity index (χ3n) is 5.67. The minimum Gasteiger partial charge on any atom is -0.373 e.